The molecule has 0 unspecified atom stereocenters. The van der Waals surface area contributed by atoms with E-state index in [1.54, 1.807) is 60.7 Å². The van der Waals surface area contributed by atoms with Gasteiger partial charge in [-0.2, -0.15) is 4.31 Å². The lowest BCUT2D eigenvalue weighted by Gasteiger charge is -2.31. The zero-order valence-corrected chi connectivity index (χ0v) is 19.6. The van der Waals surface area contributed by atoms with Gasteiger partial charge >= 0.3 is 0 Å². The molecule has 0 radical (unpaired) electrons. The van der Waals surface area contributed by atoms with Gasteiger partial charge in [0.2, 0.25) is 10.0 Å². The van der Waals surface area contributed by atoms with E-state index in [4.69, 9.17) is 0 Å². The standard InChI is InChI=1S/C25H26N4O4S/c1-28-14-16-29(17-15-28)34(32,33)21-11-7-10-20(18-21)25(31)27-23-13-6-5-12-22(23)26-24(30)19-8-3-2-4-9-19/h2-13,18H,14-17H2,1H3,(H,26,30)(H,27,31). The molecule has 2 N–H and O–H groups in total. The van der Waals surface area contributed by atoms with Crippen LogP contribution in [0.2, 0.25) is 0 Å². The number of anilines is 2. The number of hydrogen-bond acceptors (Lipinski definition) is 5. The molecule has 9 heteroatoms. The van der Waals surface area contributed by atoms with E-state index >= 15 is 0 Å². The predicted octanol–water partition coefficient (Wildman–Crippen LogP) is 3.13. The number of likely N-dealkylation sites (N-methyl/N-ethyl adjacent to an activating group) is 1. The first kappa shape index (κ1) is 23.6. The van der Waals surface area contributed by atoms with Crippen molar-refractivity contribution in [3.8, 4) is 0 Å². The fourth-order valence-corrected chi connectivity index (χ4v) is 5.12. The van der Waals surface area contributed by atoms with Crippen LogP contribution >= 0.6 is 0 Å². The van der Waals surface area contributed by atoms with Crippen LogP contribution in [0.1, 0.15) is 20.7 Å². The quantitative estimate of drug-likeness (QED) is 0.567. The van der Waals surface area contributed by atoms with Crippen molar-refractivity contribution >= 4 is 33.2 Å². The van der Waals surface area contributed by atoms with Gasteiger partial charge in [-0.1, -0.05) is 36.4 Å². The summed E-state index contributed by atoms with van der Waals surface area (Å²) in [6.07, 6.45) is 0. The van der Waals surface area contributed by atoms with Crippen LogP contribution < -0.4 is 10.6 Å². The molecule has 1 saturated heterocycles. The fraction of sp³-hybridized carbons (Fsp3) is 0.200. The highest BCUT2D eigenvalue weighted by atomic mass is 32.2. The van der Waals surface area contributed by atoms with E-state index in [0.29, 0.717) is 43.1 Å². The van der Waals surface area contributed by atoms with Gasteiger partial charge < -0.3 is 15.5 Å². The van der Waals surface area contributed by atoms with Crippen LogP contribution in [-0.4, -0.2) is 62.7 Å². The van der Waals surface area contributed by atoms with Gasteiger partial charge in [-0.15, -0.1) is 0 Å². The van der Waals surface area contributed by atoms with Crippen LogP contribution in [0, 0.1) is 0 Å². The third kappa shape index (κ3) is 5.33. The average Bonchev–Trinajstić information content (AvgIpc) is 2.86. The molecule has 0 spiro atoms. The molecule has 0 aliphatic carbocycles. The highest BCUT2D eigenvalue weighted by molar-refractivity contribution is 7.89. The van der Waals surface area contributed by atoms with Crippen molar-refractivity contribution in [3.05, 3.63) is 90.0 Å². The van der Waals surface area contributed by atoms with Crippen LogP contribution in [0.15, 0.2) is 83.8 Å². The zero-order chi connectivity index (χ0) is 24.1. The summed E-state index contributed by atoms with van der Waals surface area (Å²) in [7, 11) is -1.75. The Hall–Kier alpha value is -3.53. The lowest BCUT2D eigenvalue weighted by Crippen LogP contribution is -2.47. The largest absolute Gasteiger partial charge is 0.320 e. The van der Waals surface area contributed by atoms with E-state index in [9.17, 15) is 18.0 Å². The summed E-state index contributed by atoms with van der Waals surface area (Å²) in [5.41, 5.74) is 1.54. The minimum absolute atomic E-state index is 0.0790. The number of benzene rings is 3. The Labute approximate surface area is 199 Å². The first-order valence-corrected chi connectivity index (χ1v) is 12.3. The molecule has 2 amide bonds. The molecule has 1 aliphatic rings. The summed E-state index contributed by atoms with van der Waals surface area (Å²) in [5.74, 6) is -0.778. The van der Waals surface area contributed by atoms with Crippen molar-refractivity contribution < 1.29 is 18.0 Å². The van der Waals surface area contributed by atoms with E-state index in [0.717, 1.165) is 0 Å². The third-order valence-electron chi connectivity index (χ3n) is 5.66. The Bertz CT molecular complexity index is 1290. The van der Waals surface area contributed by atoms with Gasteiger partial charge in [0.15, 0.2) is 0 Å². The van der Waals surface area contributed by atoms with Crippen LogP contribution in [-0.2, 0) is 10.0 Å². The summed E-state index contributed by atoms with van der Waals surface area (Å²) in [6.45, 7) is 2.13. The summed E-state index contributed by atoms with van der Waals surface area (Å²) in [6, 6.07) is 21.6. The average molecular weight is 479 g/mol. The number of amides is 2. The molecule has 176 valence electrons. The number of piperazine rings is 1. The van der Waals surface area contributed by atoms with Crippen molar-refractivity contribution in [1.82, 2.24) is 9.21 Å². The lowest BCUT2D eigenvalue weighted by molar-refractivity contribution is 0.101. The molecule has 3 aromatic rings. The Balaban J connectivity index is 1.51. The second kappa shape index (κ2) is 10.2. The van der Waals surface area contributed by atoms with Crippen molar-refractivity contribution in [2.75, 3.05) is 43.9 Å². The smallest absolute Gasteiger partial charge is 0.255 e. The molecular weight excluding hydrogens is 452 g/mol. The maximum atomic E-state index is 13.1. The number of nitrogens with one attached hydrogen (secondary N) is 2. The Morgan fingerprint density at radius 3 is 1.85 bits per heavy atom. The fourth-order valence-electron chi connectivity index (χ4n) is 3.65. The third-order valence-corrected chi connectivity index (χ3v) is 7.55. The highest BCUT2D eigenvalue weighted by Gasteiger charge is 2.28. The Morgan fingerprint density at radius 1 is 0.706 bits per heavy atom. The normalized spacial score (nSPS) is 15.0. The Morgan fingerprint density at radius 2 is 1.24 bits per heavy atom. The van der Waals surface area contributed by atoms with Gasteiger partial charge in [-0.05, 0) is 49.5 Å². The van der Waals surface area contributed by atoms with Crippen LogP contribution in [0.5, 0.6) is 0 Å². The van der Waals surface area contributed by atoms with Crippen LogP contribution in [0.3, 0.4) is 0 Å². The molecule has 0 saturated carbocycles. The summed E-state index contributed by atoms with van der Waals surface area (Å²) in [5, 5.41) is 5.58. The SMILES string of the molecule is CN1CCN(S(=O)(=O)c2cccc(C(=O)Nc3ccccc3NC(=O)c3ccccc3)c2)CC1. The monoisotopic (exact) mass is 478 g/mol. The molecule has 3 aromatic carbocycles. The number of sulfonamides is 1. The Kier molecular flexibility index (Phi) is 7.06. The van der Waals surface area contributed by atoms with E-state index in [1.165, 1.54) is 16.4 Å². The topological polar surface area (TPSA) is 98.8 Å². The van der Waals surface area contributed by atoms with Gasteiger partial charge in [-0.3, -0.25) is 9.59 Å². The van der Waals surface area contributed by atoms with Crippen LogP contribution in [0.4, 0.5) is 11.4 Å². The van der Waals surface area contributed by atoms with Crippen molar-refractivity contribution in [1.29, 1.82) is 0 Å². The number of nitrogens with zero attached hydrogens (tertiary/aromatic N) is 2. The molecule has 1 fully saturated rings. The van der Waals surface area contributed by atoms with Crippen LogP contribution in [0.25, 0.3) is 0 Å². The molecule has 1 aliphatic heterocycles. The molecule has 0 aromatic heterocycles. The molecule has 0 atom stereocenters. The van der Waals surface area contributed by atoms with E-state index in [1.807, 2.05) is 13.1 Å². The number of para-hydroxylation sites is 2. The van der Waals surface area contributed by atoms with E-state index in [2.05, 4.69) is 15.5 Å². The molecule has 4 rings (SSSR count). The summed E-state index contributed by atoms with van der Waals surface area (Å²) >= 11 is 0. The maximum Gasteiger partial charge on any atom is 0.255 e. The number of carbonyl (C=O) groups is 2. The molecule has 0 bridgehead atoms. The van der Waals surface area contributed by atoms with Gasteiger partial charge in [0.05, 0.1) is 16.3 Å². The number of rotatable bonds is 6. The molecular formula is C25H26N4O4S. The highest BCUT2D eigenvalue weighted by Crippen LogP contribution is 2.24. The molecule has 1 heterocycles. The first-order chi connectivity index (χ1) is 16.3. The second-order valence-corrected chi connectivity index (χ2v) is 9.99. The van der Waals surface area contributed by atoms with Gasteiger partial charge in [0, 0.05) is 37.3 Å². The van der Waals surface area contributed by atoms with E-state index < -0.39 is 15.9 Å². The number of hydrogen-bond donors (Lipinski definition) is 2. The number of carbonyl (C=O) groups excluding carboxylic acids is 2. The van der Waals surface area contributed by atoms with Crippen molar-refractivity contribution in [2.45, 2.75) is 4.90 Å². The summed E-state index contributed by atoms with van der Waals surface area (Å²) < 4.78 is 27.6. The van der Waals surface area contributed by atoms with E-state index in [-0.39, 0.29) is 16.4 Å². The lowest BCUT2D eigenvalue weighted by atomic mass is 10.2. The zero-order valence-electron chi connectivity index (χ0n) is 18.8. The predicted molar refractivity (Wildman–Crippen MR) is 131 cm³/mol. The molecule has 34 heavy (non-hydrogen) atoms. The maximum absolute atomic E-state index is 13.1. The van der Waals surface area contributed by atoms with Gasteiger partial charge in [0.25, 0.3) is 11.8 Å². The van der Waals surface area contributed by atoms with Crippen molar-refractivity contribution in [2.24, 2.45) is 0 Å². The molecule has 8 nitrogen and oxygen atoms in total. The van der Waals surface area contributed by atoms with Gasteiger partial charge in [-0.25, -0.2) is 8.42 Å². The first-order valence-electron chi connectivity index (χ1n) is 10.9. The minimum atomic E-state index is -3.70. The summed E-state index contributed by atoms with van der Waals surface area (Å²) in [4.78, 5) is 27.7. The van der Waals surface area contributed by atoms with Crippen molar-refractivity contribution in [3.63, 3.8) is 0 Å². The van der Waals surface area contributed by atoms with Gasteiger partial charge in [0.1, 0.15) is 0 Å². The second-order valence-electron chi connectivity index (χ2n) is 8.06. The minimum Gasteiger partial charge on any atom is -0.320 e.